The van der Waals surface area contributed by atoms with Crippen LogP contribution in [0.2, 0.25) is 0 Å². The lowest BCUT2D eigenvalue weighted by atomic mass is 10.0. The van der Waals surface area contributed by atoms with Crippen LogP contribution in [-0.2, 0) is 6.54 Å². The lowest BCUT2D eigenvalue weighted by molar-refractivity contribution is 0.198. The molecular formula is C21H31N5S2. The highest BCUT2D eigenvalue weighted by Gasteiger charge is 2.19. The Morgan fingerprint density at radius 2 is 2.11 bits per heavy atom. The van der Waals surface area contributed by atoms with E-state index in [9.17, 15) is 0 Å². The van der Waals surface area contributed by atoms with Gasteiger partial charge in [-0.05, 0) is 31.7 Å². The van der Waals surface area contributed by atoms with Crippen molar-refractivity contribution in [1.29, 1.82) is 0 Å². The Labute approximate surface area is 177 Å². The summed E-state index contributed by atoms with van der Waals surface area (Å²) in [5.41, 5.74) is 1.40. The highest BCUT2D eigenvalue weighted by molar-refractivity contribution is 8.00. The number of nitrogens with zero attached hydrogens (tertiary/aromatic N) is 3. The van der Waals surface area contributed by atoms with Gasteiger partial charge in [0.15, 0.2) is 5.96 Å². The van der Waals surface area contributed by atoms with Gasteiger partial charge in [0.05, 0.1) is 0 Å². The van der Waals surface area contributed by atoms with Crippen LogP contribution in [0.4, 0.5) is 0 Å². The lowest BCUT2D eigenvalue weighted by Crippen LogP contribution is -2.48. The van der Waals surface area contributed by atoms with Crippen LogP contribution in [-0.4, -0.2) is 53.8 Å². The number of thioether (sulfide) groups is 1. The van der Waals surface area contributed by atoms with E-state index < -0.39 is 0 Å². The third-order valence-electron chi connectivity index (χ3n) is 4.73. The maximum atomic E-state index is 4.76. The number of thiazole rings is 1. The van der Waals surface area contributed by atoms with Gasteiger partial charge in [0.2, 0.25) is 0 Å². The Hall–Kier alpha value is -1.57. The second kappa shape index (κ2) is 12.1. The van der Waals surface area contributed by atoms with Gasteiger partial charge >= 0.3 is 0 Å². The van der Waals surface area contributed by atoms with E-state index in [1.54, 1.807) is 11.3 Å². The molecule has 1 aromatic heterocycles. The summed E-state index contributed by atoms with van der Waals surface area (Å²) in [6.07, 6.45) is 5.26. The van der Waals surface area contributed by atoms with Crippen LogP contribution in [0.3, 0.4) is 0 Å². The predicted molar refractivity (Wildman–Crippen MR) is 121 cm³/mol. The molecule has 1 aliphatic heterocycles. The summed E-state index contributed by atoms with van der Waals surface area (Å²) in [6.45, 7) is 7.19. The SMILES string of the molecule is CCNC(=NCCCSc1nccs1)NC1CCN(Cc2ccccc2)CC1. The fraction of sp³-hybridized carbons (Fsp3) is 0.524. The van der Waals surface area contributed by atoms with Gasteiger partial charge in [0.1, 0.15) is 4.34 Å². The van der Waals surface area contributed by atoms with Crippen molar-refractivity contribution in [1.82, 2.24) is 20.5 Å². The van der Waals surface area contributed by atoms with Gasteiger partial charge in [-0.2, -0.15) is 0 Å². The number of hydrogen-bond acceptors (Lipinski definition) is 5. The second-order valence-corrected chi connectivity index (χ2v) is 9.18. The summed E-state index contributed by atoms with van der Waals surface area (Å²) < 4.78 is 1.15. The first kappa shape index (κ1) is 21.1. The number of guanidine groups is 1. The van der Waals surface area contributed by atoms with Crippen molar-refractivity contribution in [3.63, 3.8) is 0 Å². The summed E-state index contributed by atoms with van der Waals surface area (Å²) in [5, 5.41) is 9.06. The van der Waals surface area contributed by atoms with Crippen LogP contribution >= 0.6 is 23.1 Å². The van der Waals surface area contributed by atoms with Crippen molar-refractivity contribution in [2.75, 3.05) is 31.9 Å². The van der Waals surface area contributed by atoms with Gasteiger partial charge in [-0.15, -0.1) is 11.3 Å². The third kappa shape index (κ3) is 7.45. The maximum absolute atomic E-state index is 4.76. The first-order chi connectivity index (χ1) is 13.8. The zero-order chi connectivity index (χ0) is 19.4. The molecule has 0 spiro atoms. The highest BCUT2D eigenvalue weighted by atomic mass is 32.2. The van der Waals surface area contributed by atoms with Crippen molar-refractivity contribution in [3.8, 4) is 0 Å². The van der Waals surface area contributed by atoms with E-state index in [2.05, 4.69) is 57.8 Å². The smallest absolute Gasteiger partial charge is 0.191 e. The molecule has 2 aromatic rings. The molecular weight excluding hydrogens is 386 g/mol. The molecule has 152 valence electrons. The quantitative estimate of drug-likeness (QED) is 0.281. The number of aromatic nitrogens is 1. The fourth-order valence-electron chi connectivity index (χ4n) is 3.29. The summed E-state index contributed by atoms with van der Waals surface area (Å²) in [4.78, 5) is 11.6. The molecule has 28 heavy (non-hydrogen) atoms. The van der Waals surface area contributed by atoms with Crippen molar-refractivity contribution in [3.05, 3.63) is 47.5 Å². The molecule has 2 heterocycles. The summed E-state index contributed by atoms with van der Waals surface area (Å²) in [5.74, 6) is 2.03. The predicted octanol–water partition coefficient (Wildman–Crippen LogP) is 3.85. The largest absolute Gasteiger partial charge is 0.357 e. The summed E-state index contributed by atoms with van der Waals surface area (Å²) in [7, 11) is 0. The van der Waals surface area contributed by atoms with Crippen LogP contribution in [0.1, 0.15) is 31.7 Å². The van der Waals surface area contributed by atoms with E-state index in [-0.39, 0.29) is 0 Å². The van der Waals surface area contributed by atoms with Crippen molar-refractivity contribution >= 4 is 29.1 Å². The average molecular weight is 418 g/mol. The molecule has 0 unspecified atom stereocenters. The number of nitrogens with one attached hydrogen (secondary N) is 2. The monoisotopic (exact) mass is 417 g/mol. The topological polar surface area (TPSA) is 52.6 Å². The molecule has 0 radical (unpaired) electrons. The normalized spacial score (nSPS) is 16.2. The average Bonchev–Trinajstić information content (AvgIpc) is 3.24. The molecule has 0 bridgehead atoms. The highest BCUT2D eigenvalue weighted by Crippen LogP contribution is 2.20. The number of piperidine rings is 1. The van der Waals surface area contributed by atoms with Crippen molar-refractivity contribution in [2.24, 2.45) is 4.99 Å². The molecule has 2 N–H and O–H groups in total. The Morgan fingerprint density at radius 3 is 2.82 bits per heavy atom. The van der Waals surface area contributed by atoms with Gasteiger partial charge < -0.3 is 10.6 Å². The molecule has 1 aliphatic rings. The first-order valence-corrected chi connectivity index (χ1v) is 12.0. The van der Waals surface area contributed by atoms with Crippen molar-refractivity contribution in [2.45, 2.75) is 43.1 Å². The van der Waals surface area contributed by atoms with Gasteiger partial charge in [-0.3, -0.25) is 9.89 Å². The fourth-order valence-corrected chi connectivity index (χ4v) is 4.92. The Bertz CT molecular complexity index is 682. The van der Waals surface area contributed by atoms with E-state index in [1.807, 2.05) is 23.3 Å². The minimum atomic E-state index is 0.509. The zero-order valence-electron chi connectivity index (χ0n) is 16.6. The minimum absolute atomic E-state index is 0.509. The molecule has 0 aliphatic carbocycles. The van der Waals surface area contributed by atoms with Crippen molar-refractivity contribution < 1.29 is 0 Å². The van der Waals surface area contributed by atoms with E-state index in [0.29, 0.717) is 6.04 Å². The van der Waals surface area contributed by atoms with Gasteiger partial charge in [0, 0.05) is 56.1 Å². The standard InChI is InChI=1S/C21H31N5S2/c1-2-22-20(23-11-6-15-27-21-24-12-16-28-21)25-19-9-13-26(14-10-19)17-18-7-4-3-5-8-18/h3-5,7-8,12,16,19H,2,6,9-11,13-15,17H2,1H3,(H2,22,23,25). The van der Waals surface area contributed by atoms with E-state index in [0.717, 1.165) is 68.0 Å². The molecule has 7 heteroatoms. The van der Waals surface area contributed by atoms with Crippen LogP contribution in [0.5, 0.6) is 0 Å². The first-order valence-electron chi connectivity index (χ1n) is 10.2. The van der Waals surface area contributed by atoms with Crippen LogP contribution in [0.15, 0.2) is 51.2 Å². The maximum Gasteiger partial charge on any atom is 0.191 e. The van der Waals surface area contributed by atoms with E-state index in [4.69, 9.17) is 4.99 Å². The number of likely N-dealkylation sites (tertiary alicyclic amines) is 1. The van der Waals surface area contributed by atoms with E-state index in [1.165, 1.54) is 5.56 Å². The summed E-state index contributed by atoms with van der Waals surface area (Å²) in [6, 6.07) is 11.3. The van der Waals surface area contributed by atoms with E-state index >= 15 is 0 Å². The molecule has 1 saturated heterocycles. The van der Waals surface area contributed by atoms with Gasteiger partial charge in [-0.25, -0.2) is 4.98 Å². The van der Waals surface area contributed by atoms with Crippen LogP contribution < -0.4 is 10.6 Å². The molecule has 0 atom stereocenters. The molecule has 3 rings (SSSR count). The Balaban J connectivity index is 1.36. The molecule has 0 amide bonds. The number of aliphatic imine (C=N–C) groups is 1. The minimum Gasteiger partial charge on any atom is -0.357 e. The van der Waals surface area contributed by atoms with Crippen LogP contribution in [0, 0.1) is 0 Å². The van der Waals surface area contributed by atoms with Crippen LogP contribution in [0.25, 0.3) is 0 Å². The zero-order valence-corrected chi connectivity index (χ0v) is 18.3. The Morgan fingerprint density at radius 1 is 1.29 bits per heavy atom. The number of hydrogen-bond donors (Lipinski definition) is 2. The molecule has 0 saturated carbocycles. The van der Waals surface area contributed by atoms with Gasteiger partial charge in [-0.1, -0.05) is 42.1 Å². The molecule has 1 fully saturated rings. The molecule has 5 nitrogen and oxygen atoms in total. The molecule has 1 aromatic carbocycles. The van der Waals surface area contributed by atoms with Gasteiger partial charge in [0.25, 0.3) is 0 Å². The summed E-state index contributed by atoms with van der Waals surface area (Å²) >= 11 is 3.53. The number of rotatable bonds is 9. The second-order valence-electron chi connectivity index (χ2n) is 6.94. The Kier molecular flexibility index (Phi) is 9.13. The third-order valence-corrected chi connectivity index (χ3v) is 6.78. The lowest BCUT2D eigenvalue weighted by Gasteiger charge is -2.33. The number of benzene rings is 1.